The van der Waals surface area contributed by atoms with Gasteiger partial charge in [0, 0.05) is 11.3 Å². The van der Waals surface area contributed by atoms with Crippen LogP contribution in [0.2, 0.25) is 0 Å². The summed E-state index contributed by atoms with van der Waals surface area (Å²) < 4.78 is 22.1. The number of carbonyl (C=O) groups excluding carboxylic acids is 1. The molecule has 1 heterocycles. The zero-order chi connectivity index (χ0) is 11.1. The normalized spacial score (nSPS) is 12.4. The number of esters is 1. The third kappa shape index (κ3) is 4.40. The van der Waals surface area contributed by atoms with Crippen molar-refractivity contribution < 1.29 is 18.7 Å². The summed E-state index contributed by atoms with van der Waals surface area (Å²) in [7, 11) is 0. The quantitative estimate of drug-likeness (QED) is 0.705. The van der Waals surface area contributed by atoms with Crippen LogP contribution in [0.4, 0.5) is 4.39 Å². The molecule has 0 amide bonds. The summed E-state index contributed by atoms with van der Waals surface area (Å²) >= 11 is 1.57. The number of hydrogen-bond donors (Lipinski definition) is 0. The van der Waals surface area contributed by atoms with Crippen LogP contribution < -0.4 is 0 Å². The lowest BCUT2D eigenvalue weighted by molar-refractivity contribution is -0.169. The molecule has 1 unspecified atom stereocenters. The molecule has 0 spiro atoms. The maximum absolute atomic E-state index is 12.9. The Morgan fingerprint density at radius 1 is 1.67 bits per heavy atom. The van der Waals surface area contributed by atoms with Crippen LogP contribution in [0.15, 0.2) is 17.5 Å². The lowest BCUT2D eigenvalue weighted by Crippen LogP contribution is -2.22. The monoisotopic (exact) mass is 232 g/mol. The largest absolute Gasteiger partial charge is 0.462 e. The SMILES string of the molecule is CCOC(=O)C(F)OCCc1cccs1. The minimum atomic E-state index is -1.97. The van der Waals surface area contributed by atoms with Crippen molar-refractivity contribution in [2.24, 2.45) is 0 Å². The van der Waals surface area contributed by atoms with Gasteiger partial charge in [-0.05, 0) is 18.4 Å². The number of carbonyl (C=O) groups is 1. The summed E-state index contributed by atoms with van der Waals surface area (Å²) in [6.07, 6.45) is -1.36. The molecule has 0 aliphatic heterocycles. The highest BCUT2D eigenvalue weighted by Crippen LogP contribution is 2.09. The van der Waals surface area contributed by atoms with Gasteiger partial charge in [0.15, 0.2) is 0 Å². The molecule has 0 aliphatic rings. The van der Waals surface area contributed by atoms with E-state index < -0.39 is 12.3 Å². The Morgan fingerprint density at radius 2 is 2.47 bits per heavy atom. The van der Waals surface area contributed by atoms with Gasteiger partial charge in [-0.25, -0.2) is 9.18 Å². The van der Waals surface area contributed by atoms with E-state index in [4.69, 9.17) is 4.74 Å². The molecule has 3 nitrogen and oxygen atoms in total. The number of alkyl halides is 1. The van der Waals surface area contributed by atoms with Gasteiger partial charge < -0.3 is 9.47 Å². The highest BCUT2D eigenvalue weighted by atomic mass is 32.1. The summed E-state index contributed by atoms with van der Waals surface area (Å²) in [5, 5.41) is 1.94. The number of halogens is 1. The minimum Gasteiger partial charge on any atom is -0.462 e. The first-order valence-corrected chi connectivity index (χ1v) is 5.56. The van der Waals surface area contributed by atoms with E-state index in [2.05, 4.69) is 4.74 Å². The third-order valence-corrected chi connectivity index (χ3v) is 2.60. The van der Waals surface area contributed by atoms with Crippen LogP contribution in [0.25, 0.3) is 0 Å². The minimum absolute atomic E-state index is 0.160. The van der Waals surface area contributed by atoms with Crippen molar-refractivity contribution >= 4 is 17.3 Å². The first-order chi connectivity index (χ1) is 7.24. The van der Waals surface area contributed by atoms with Crippen molar-refractivity contribution in [1.82, 2.24) is 0 Å². The molecule has 5 heteroatoms. The molecule has 1 aromatic heterocycles. The molecule has 15 heavy (non-hydrogen) atoms. The van der Waals surface area contributed by atoms with Crippen LogP contribution in [-0.2, 0) is 20.7 Å². The molecular formula is C10H13FO3S. The average molecular weight is 232 g/mol. The summed E-state index contributed by atoms with van der Waals surface area (Å²) in [5.41, 5.74) is 0. The van der Waals surface area contributed by atoms with E-state index >= 15 is 0 Å². The van der Waals surface area contributed by atoms with E-state index in [-0.39, 0.29) is 13.2 Å². The van der Waals surface area contributed by atoms with E-state index in [1.54, 1.807) is 18.3 Å². The van der Waals surface area contributed by atoms with Gasteiger partial charge in [0.1, 0.15) is 0 Å². The Labute approximate surface area is 91.8 Å². The van der Waals surface area contributed by atoms with Crippen molar-refractivity contribution in [1.29, 1.82) is 0 Å². The van der Waals surface area contributed by atoms with E-state index in [9.17, 15) is 9.18 Å². The molecule has 1 aromatic rings. The second-order valence-electron chi connectivity index (χ2n) is 2.77. The highest BCUT2D eigenvalue weighted by molar-refractivity contribution is 7.09. The van der Waals surface area contributed by atoms with Crippen molar-refractivity contribution in [3.8, 4) is 0 Å². The first kappa shape index (κ1) is 12.1. The predicted octanol–water partition coefficient (Wildman–Crippen LogP) is 2.17. The summed E-state index contributed by atoms with van der Waals surface area (Å²) in [6, 6.07) is 3.85. The van der Waals surface area contributed by atoms with Gasteiger partial charge in [-0.1, -0.05) is 6.07 Å². The predicted molar refractivity (Wildman–Crippen MR) is 55.5 cm³/mol. The summed E-state index contributed by atoms with van der Waals surface area (Å²) in [6.45, 7) is 1.96. The lowest BCUT2D eigenvalue weighted by atomic mass is 10.4. The Balaban J connectivity index is 2.17. The van der Waals surface area contributed by atoms with Gasteiger partial charge in [-0.15, -0.1) is 11.3 Å². The molecule has 1 atom stereocenters. The van der Waals surface area contributed by atoms with E-state index in [0.29, 0.717) is 6.42 Å². The molecule has 0 aliphatic carbocycles. The van der Waals surface area contributed by atoms with Crippen LogP contribution in [0.5, 0.6) is 0 Å². The fourth-order valence-corrected chi connectivity index (χ4v) is 1.68. The molecule has 0 fully saturated rings. The number of hydrogen-bond acceptors (Lipinski definition) is 4. The van der Waals surface area contributed by atoms with Gasteiger partial charge in [-0.2, -0.15) is 0 Å². The second kappa shape index (κ2) is 6.53. The van der Waals surface area contributed by atoms with Crippen LogP contribution in [0.1, 0.15) is 11.8 Å². The van der Waals surface area contributed by atoms with Crippen molar-refractivity contribution in [2.75, 3.05) is 13.2 Å². The average Bonchev–Trinajstić information content (AvgIpc) is 2.71. The molecular weight excluding hydrogens is 219 g/mol. The molecule has 0 bridgehead atoms. The van der Waals surface area contributed by atoms with Gasteiger partial charge in [0.25, 0.3) is 6.36 Å². The summed E-state index contributed by atoms with van der Waals surface area (Å²) in [4.78, 5) is 11.9. The maximum Gasteiger partial charge on any atom is 0.368 e. The standard InChI is InChI=1S/C10H13FO3S/c1-2-13-10(12)9(11)14-6-5-8-4-3-7-15-8/h3-4,7,9H,2,5-6H2,1H3. The van der Waals surface area contributed by atoms with Gasteiger partial charge in [0.2, 0.25) is 0 Å². The topological polar surface area (TPSA) is 35.5 Å². The molecule has 0 aromatic carbocycles. The van der Waals surface area contributed by atoms with E-state index in [0.717, 1.165) is 4.88 Å². The molecule has 1 rings (SSSR count). The number of thiophene rings is 1. The number of ether oxygens (including phenoxy) is 2. The van der Waals surface area contributed by atoms with Crippen LogP contribution in [-0.4, -0.2) is 25.5 Å². The Hall–Kier alpha value is -0.940. The third-order valence-electron chi connectivity index (χ3n) is 1.66. The van der Waals surface area contributed by atoms with Crippen molar-refractivity contribution in [3.05, 3.63) is 22.4 Å². The zero-order valence-electron chi connectivity index (χ0n) is 8.44. The van der Waals surface area contributed by atoms with E-state index in [1.807, 2.05) is 17.5 Å². The Kier molecular flexibility index (Phi) is 5.28. The van der Waals surface area contributed by atoms with Crippen molar-refractivity contribution in [2.45, 2.75) is 19.7 Å². The Morgan fingerprint density at radius 3 is 3.07 bits per heavy atom. The first-order valence-electron chi connectivity index (χ1n) is 4.68. The van der Waals surface area contributed by atoms with Gasteiger partial charge in [-0.3, -0.25) is 0 Å². The summed E-state index contributed by atoms with van der Waals surface area (Å²) in [5.74, 6) is -0.955. The number of rotatable bonds is 6. The molecule has 0 saturated carbocycles. The smallest absolute Gasteiger partial charge is 0.368 e. The van der Waals surface area contributed by atoms with Gasteiger partial charge >= 0.3 is 5.97 Å². The van der Waals surface area contributed by atoms with Crippen LogP contribution in [0.3, 0.4) is 0 Å². The van der Waals surface area contributed by atoms with Crippen LogP contribution in [0, 0.1) is 0 Å². The van der Waals surface area contributed by atoms with E-state index in [1.165, 1.54) is 0 Å². The fourth-order valence-electron chi connectivity index (χ4n) is 0.994. The maximum atomic E-state index is 12.9. The fraction of sp³-hybridized carbons (Fsp3) is 0.500. The highest BCUT2D eigenvalue weighted by Gasteiger charge is 2.18. The van der Waals surface area contributed by atoms with Gasteiger partial charge in [0.05, 0.1) is 13.2 Å². The van der Waals surface area contributed by atoms with Crippen LogP contribution >= 0.6 is 11.3 Å². The Bertz CT molecular complexity index is 287. The molecule has 84 valence electrons. The lowest BCUT2D eigenvalue weighted by Gasteiger charge is -2.07. The molecule has 0 radical (unpaired) electrons. The molecule has 0 saturated heterocycles. The zero-order valence-corrected chi connectivity index (χ0v) is 9.26. The molecule has 0 N–H and O–H groups in total. The van der Waals surface area contributed by atoms with Crippen molar-refractivity contribution in [3.63, 3.8) is 0 Å². The second-order valence-corrected chi connectivity index (χ2v) is 3.80.